The number of nitrogens with zero attached hydrogens (tertiary/aromatic N) is 1. The molecular formula is C17H15N3O3S. The molecule has 0 radical (unpaired) electrons. The predicted octanol–water partition coefficient (Wildman–Crippen LogP) is 2.17. The Labute approximate surface area is 139 Å². The predicted molar refractivity (Wildman–Crippen MR) is 90.7 cm³/mol. The van der Waals surface area contributed by atoms with Crippen LogP contribution in [0.2, 0.25) is 0 Å². The van der Waals surface area contributed by atoms with Crippen molar-refractivity contribution >= 4 is 26.8 Å². The second-order valence-electron chi connectivity index (χ2n) is 5.29. The van der Waals surface area contributed by atoms with Crippen LogP contribution in [0, 0.1) is 6.92 Å². The number of benzene rings is 2. The van der Waals surface area contributed by atoms with E-state index < -0.39 is 15.9 Å². The summed E-state index contributed by atoms with van der Waals surface area (Å²) in [5, 5.41) is 0.798. The minimum absolute atomic E-state index is 0.0828. The van der Waals surface area contributed by atoms with Gasteiger partial charge in [-0.1, -0.05) is 30.3 Å². The number of carbonyl (C=O) groups is 1. The highest BCUT2D eigenvalue weighted by molar-refractivity contribution is 7.89. The summed E-state index contributed by atoms with van der Waals surface area (Å²) in [7, 11) is -3.83. The number of hydrogen-bond acceptors (Lipinski definition) is 4. The lowest BCUT2D eigenvalue weighted by Gasteiger charge is -2.09. The average molecular weight is 341 g/mol. The first-order chi connectivity index (χ1) is 11.5. The summed E-state index contributed by atoms with van der Waals surface area (Å²) in [5.74, 6) is -0.579. The number of hydrazine groups is 1. The number of aryl methyl sites for hydroxylation is 1. The third-order valence-corrected chi connectivity index (χ3v) is 4.70. The fourth-order valence-electron chi connectivity index (χ4n) is 2.22. The van der Waals surface area contributed by atoms with Crippen LogP contribution in [0.4, 0.5) is 0 Å². The van der Waals surface area contributed by atoms with Gasteiger partial charge < -0.3 is 0 Å². The number of nitrogens with one attached hydrogen (secondary N) is 2. The molecule has 1 aromatic heterocycles. The molecule has 0 aliphatic rings. The SMILES string of the molecule is Cc1cccc(S(=O)(=O)NNC(=O)c2cnc3ccccc3c2)c1. The van der Waals surface area contributed by atoms with Crippen LogP contribution >= 0.6 is 0 Å². The maximum atomic E-state index is 12.2. The second-order valence-corrected chi connectivity index (χ2v) is 6.98. The lowest BCUT2D eigenvalue weighted by atomic mass is 10.1. The number of fused-ring (bicyclic) bond motifs is 1. The molecule has 0 fully saturated rings. The number of rotatable bonds is 4. The topological polar surface area (TPSA) is 88.2 Å². The van der Waals surface area contributed by atoms with Crippen molar-refractivity contribution in [2.75, 3.05) is 0 Å². The fraction of sp³-hybridized carbons (Fsp3) is 0.0588. The number of aromatic nitrogens is 1. The summed E-state index contributed by atoms with van der Waals surface area (Å²) in [6.45, 7) is 1.79. The highest BCUT2D eigenvalue weighted by atomic mass is 32.2. The first kappa shape index (κ1) is 16.1. The van der Waals surface area contributed by atoms with Gasteiger partial charge in [-0.25, -0.2) is 8.42 Å². The Morgan fingerprint density at radius 3 is 2.62 bits per heavy atom. The summed E-state index contributed by atoms with van der Waals surface area (Å²) in [6, 6.07) is 15.4. The van der Waals surface area contributed by atoms with Crippen LogP contribution in [0.3, 0.4) is 0 Å². The van der Waals surface area contributed by atoms with Crippen LogP contribution in [0.1, 0.15) is 15.9 Å². The van der Waals surface area contributed by atoms with Crippen LogP contribution in [0.25, 0.3) is 10.9 Å². The van der Waals surface area contributed by atoms with E-state index in [1.165, 1.54) is 18.3 Å². The number of para-hydroxylation sites is 1. The van der Waals surface area contributed by atoms with Crippen molar-refractivity contribution in [2.24, 2.45) is 0 Å². The minimum atomic E-state index is -3.83. The molecule has 6 nitrogen and oxygen atoms in total. The van der Waals surface area contributed by atoms with Crippen molar-refractivity contribution in [1.29, 1.82) is 0 Å². The molecule has 2 N–H and O–H groups in total. The molecule has 0 spiro atoms. The molecule has 3 rings (SSSR count). The Balaban J connectivity index is 1.76. The first-order valence-corrected chi connectivity index (χ1v) is 8.68. The van der Waals surface area contributed by atoms with E-state index in [4.69, 9.17) is 0 Å². The Kier molecular flexibility index (Phi) is 4.28. The molecule has 0 saturated heterocycles. The van der Waals surface area contributed by atoms with Crippen LogP contribution in [-0.4, -0.2) is 19.3 Å². The van der Waals surface area contributed by atoms with Crippen molar-refractivity contribution in [2.45, 2.75) is 11.8 Å². The Hall–Kier alpha value is -2.77. The summed E-state index contributed by atoms with van der Waals surface area (Å²) in [4.78, 5) is 18.5. The molecule has 0 atom stereocenters. The van der Waals surface area contributed by atoms with Crippen LogP contribution < -0.4 is 10.3 Å². The van der Waals surface area contributed by atoms with Gasteiger partial charge in [0.05, 0.1) is 16.0 Å². The van der Waals surface area contributed by atoms with Crippen LogP contribution in [-0.2, 0) is 10.0 Å². The minimum Gasteiger partial charge on any atom is -0.273 e. The molecule has 3 aromatic rings. The zero-order valence-corrected chi connectivity index (χ0v) is 13.7. The fourth-order valence-corrected chi connectivity index (χ4v) is 3.17. The monoisotopic (exact) mass is 341 g/mol. The lowest BCUT2D eigenvalue weighted by molar-refractivity contribution is 0.0945. The zero-order chi connectivity index (χ0) is 17.2. The third-order valence-electron chi connectivity index (χ3n) is 3.45. The van der Waals surface area contributed by atoms with E-state index in [-0.39, 0.29) is 10.5 Å². The number of pyridine rings is 1. The van der Waals surface area contributed by atoms with Crippen molar-refractivity contribution in [3.8, 4) is 0 Å². The molecule has 0 aliphatic heterocycles. The quantitative estimate of drug-likeness (QED) is 0.712. The normalized spacial score (nSPS) is 11.4. The van der Waals surface area contributed by atoms with Gasteiger partial charge in [0, 0.05) is 11.6 Å². The van der Waals surface area contributed by atoms with Gasteiger partial charge in [0.15, 0.2) is 0 Å². The maximum absolute atomic E-state index is 12.2. The van der Waals surface area contributed by atoms with Gasteiger partial charge >= 0.3 is 0 Å². The van der Waals surface area contributed by atoms with Crippen LogP contribution in [0.15, 0.2) is 65.7 Å². The number of carbonyl (C=O) groups excluding carboxylic acids is 1. The van der Waals surface area contributed by atoms with E-state index in [0.717, 1.165) is 16.5 Å². The summed E-state index contributed by atoms with van der Waals surface area (Å²) in [5.41, 5.74) is 4.04. The van der Waals surface area contributed by atoms with Gasteiger partial charge in [-0.15, -0.1) is 4.83 Å². The van der Waals surface area contributed by atoms with Gasteiger partial charge in [0.2, 0.25) is 0 Å². The molecule has 7 heteroatoms. The second kappa shape index (κ2) is 6.38. The Morgan fingerprint density at radius 2 is 1.83 bits per heavy atom. The maximum Gasteiger partial charge on any atom is 0.267 e. The number of sulfonamides is 1. The largest absolute Gasteiger partial charge is 0.273 e. The smallest absolute Gasteiger partial charge is 0.267 e. The van der Waals surface area contributed by atoms with Crippen molar-refractivity contribution in [3.63, 3.8) is 0 Å². The van der Waals surface area contributed by atoms with Gasteiger partial charge in [-0.2, -0.15) is 0 Å². The van der Waals surface area contributed by atoms with E-state index in [9.17, 15) is 13.2 Å². The molecular weight excluding hydrogens is 326 g/mol. The van der Waals surface area contributed by atoms with Gasteiger partial charge in [0.1, 0.15) is 0 Å². The van der Waals surface area contributed by atoms with Gasteiger partial charge in [-0.3, -0.25) is 15.2 Å². The van der Waals surface area contributed by atoms with Crippen molar-refractivity contribution < 1.29 is 13.2 Å². The van der Waals surface area contributed by atoms with E-state index in [1.807, 2.05) is 24.3 Å². The Morgan fingerprint density at radius 1 is 1.04 bits per heavy atom. The molecule has 0 bridgehead atoms. The summed E-state index contributed by atoms with van der Waals surface area (Å²) < 4.78 is 24.4. The van der Waals surface area contributed by atoms with E-state index in [1.54, 1.807) is 25.1 Å². The molecule has 122 valence electrons. The van der Waals surface area contributed by atoms with Crippen molar-refractivity contribution in [3.05, 3.63) is 71.9 Å². The molecule has 1 heterocycles. The highest BCUT2D eigenvalue weighted by Crippen LogP contribution is 2.13. The van der Waals surface area contributed by atoms with E-state index >= 15 is 0 Å². The average Bonchev–Trinajstić information content (AvgIpc) is 2.59. The molecule has 0 unspecified atom stereocenters. The summed E-state index contributed by atoms with van der Waals surface area (Å²) in [6.07, 6.45) is 1.40. The zero-order valence-electron chi connectivity index (χ0n) is 12.9. The highest BCUT2D eigenvalue weighted by Gasteiger charge is 2.16. The molecule has 24 heavy (non-hydrogen) atoms. The summed E-state index contributed by atoms with van der Waals surface area (Å²) >= 11 is 0. The molecule has 1 amide bonds. The molecule has 2 aromatic carbocycles. The van der Waals surface area contributed by atoms with Crippen LogP contribution in [0.5, 0.6) is 0 Å². The lowest BCUT2D eigenvalue weighted by Crippen LogP contribution is -2.41. The molecule has 0 saturated carbocycles. The number of amides is 1. The first-order valence-electron chi connectivity index (χ1n) is 7.19. The third kappa shape index (κ3) is 3.42. The van der Waals surface area contributed by atoms with Gasteiger partial charge in [0.25, 0.3) is 15.9 Å². The Bertz CT molecular complexity index is 1020. The molecule has 0 aliphatic carbocycles. The van der Waals surface area contributed by atoms with Crippen molar-refractivity contribution in [1.82, 2.24) is 15.2 Å². The number of hydrogen-bond donors (Lipinski definition) is 2. The van der Waals surface area contributed by atoms with E-state index in [0.29, 0.717) is 0 Å². The van der Waals surface area contributed by atoms with E-state index in [2.05, 4.69) is 15.2 Å². The van der Waals surface area contributed by atoms with Gasteiger partial charge in [-0.05, 0) is 36.8 Å². The standard InChI is InChI=1S/C17H15N3O3S/c1-12-5-4-7-15(9-12)24(22,23)20-19-17(21)14-10-13-6-2-3-8-16(13)18-11-14/h2-11,20H,1H3,(H,19,21).